The second-order valence-corrected chi connectivity index (χ2v) is 9.96. The second kappa shape index (κ2) is 25.2. The molecule has 0 aliphatic carbocycles. The molecule has 0 N–H and O–H groups in total. The molecule has 0 bridgehead atoms. The first-order chi connectivity index (χ1) is 17.5. The van der Waals surface area contributed by atoms with Crippen molar-refractivity contribution < 1.29 is 45.0 Å². The van der Waals surface area contributed by atoms with Crippen molar-refractivity contribution in [3.63, 3.8) is 0 Å². The van der Waals surface area contributed by atoms with Crippen LogP contribution >= 0.6 is 24.5 Å². The normalized spacial score (nSPS) is 15.4. The predicted molar refractivity (Wildman–Crippen MR) is 152 cm³/mol. The van der Waals surface area contributed by atoms with Gasteiger partial charge in [0.25, 0.3) is 0 Å². The van der Waals surface area contributed by atoms with E-state index in [1.807, 2.05) is 57.1 Å². The van der Waals surface area contributed by atoms with Gasteiger partial charge in [-0.1, -0.05) is 48.5 Å². The molecule has 8 nitrogen and oxygen atoms in total. The minimum absolute atomic E-state index is 0. The van der Waals surface area contributed by atoms with Gasteiger partial charge in [0.2, 0.25) is 0 Å². The Kier molecular flexibility index (Phi) is 25.4. The van der Waals surface area contributed by atoms with Crippen molar-refractivity contribution in [2.75, 3.05) is 66.8 Å². The zero-order valence-electron chi connectivity index (χ0n) is 20.4. The number of ether oxygens (including phenoxy) is 2. The summed E-state index contributed by atoms with van der Waals surface area (Å²) in [5, 5.41) is 0. The fourth-order valence-corrected chi connectivity index (χ4v) is 3.77. The minimum atomic E-state index is 0. The fraction of sp³-hybridized carbons (Fsp3) is 0.455. The van der Waals surface area contributed by atoms with Crippen molar-refractivity contribution >= 4 is 75.0 Å². The molecule has 0 amide bonds. The van der Waals surface area contributed by atoms with E-state index in [0.717, 1.165) is 72.2 Å². The Balaban J connectivity index is 0.000000465. The van der Waals surface area contributed by atoms with Gasteiger partial charge in [-0.25, -0.2) is 18.4 Å². The number of nitrogens with zero attached hydrogens (tertiary/aromatic N) is 2. The number of hydrogen-bond acceptors (Lipinski definition) is 14. The van der Waals surface area contributed by atoms with Gasteiger partial charge in [-0.15, -0.1) is 8.67 Å². The molecule has 0 saturated carbocycles. The predicted octanol–water partition coefficient (Wildman–Crippen LogP) is 3.91. The van der Waals surface area contributed by atoms with Crippen LogP contribution in [0, 0.1) is 0 Å². The minimum Gasteiger partial charge on any atom is -0.781 e. The van der Waals surface area contributed by atoms with Crippen molar-refractivity contribution in [2.45, 2.75) is 19.6 Å². The molecule has 4 rings (SSSR count). The molecule has 0 aromatic heterocycles. The van der Waals surface area contributed by atoms with Crippen molar-refractivity contribution in [3.8, 4) is 0 Å². The monoisotopic (exact) mass is 673 g/mol. The Labute approximate surface area is 261 Å². The first kappa shape index (κ1) is 37.2. The maximum atomic E-state index is 5.13. The van der Waals surface area contributed by atoms with Gasteiger partial charge >= 0.3 is 0 Å². The van der Waals surface area contributed by atoms with Crippen LogP contribution < -0.4 is 0 Å². The van der Waals surface area contributed by atoms with E-state index in [1.54, 1.807) is 0 Å². The SMILES string of the molecule is COOSN1CCOCC1.COOSN1CCOCC1.[Cu].[S-]c1ccccc1[S-].[S-]c1ccccc1[S-]. The summed E-state index contributed by atoms with van der Waals surface area (Å²) in [5.41, 5.74) is 0. The van der Waals surface area contributed by atoms with Crippen LogP contribution in [0.5, 0.6) is 0 Å². The van der Waals surface area contributed by atoms with E-state index in [0.29, 0.717) is 0 Å². The molecular formula is C22H30CuN2O6S6-4. The van der Waals surface area contributed by atoms with E-state index in [1.165, 1.54) is 38.7 Å². The molecule has 0 spiro atoms. The molecule has 1 radical (unpaired) electrons. The van der Waals surface area contributed by atoms with Crippen LogP contribution in [-0.4, -0.2) is 75.4 Å². The van der Waals surface area contributed by atoms with Crippen molar-refractivity contribution in [1.29, 1.82) is 0 Å². The molecule has 2 aliphatic rings. The third kappa shape index (κ3) is 19.9. The standard InChI is InChI=1S/2C6H6S2.2C5H11NO3S.Cu/c2*7-5-3-1-2-4-6(5)8;2*1-7-9-10-6-2-4-8-5-3-6;/h2*1-4,7-8H;2*2-5H2,1H3;/p-4. The summed E-state index contributed by atoms with van der Waals surface area (Å²) in [6, 6.07) is 14.9. The average Bonchev–Trinajstić information content (AvgIpc) is 2.92. The Bertz CT molecular complexity index is 700. The Morgan fingerprint density at radius 3 is 1.08 bits per heavy atom. The Hall–Kier alpha value is 0.219. The third-order valence-electron chi connectivity index (χ3n) is 4.05. The van der Waals surface area contributed by atoms with E-state index in [9.17, 15) is 0 Å². The Morgan fingerprint density at radius 2 is 0.865 bits per heavy atom. The summed E-state index contributed by atoms with van der Waals surface area (Å²) in [6.07, 6.45) is 0. The maximum absolute atomic E-state index is 5.13. The van der Waals surface area contributed by atoms with Gasteiger partial charge in [0, 0.05) is 43.2 Å². The number of morpholine rings is 2. The van der Waals surface area contributed by atoms with Crippen LogP contribution in [0.2, 0.25) is 0 Å². The summed E-state index contributed by atoms with van der Waals surface area (Å²) in [4.78, 5) is 11.9. The number of rotatable bonds is 6. The van der Waals surface area contributed by atoms with E-state index < -0.39 is 0 Å². The van der Waals surface area contributed by atoms with E-state index in [2.05, 4.69) is 18.4 Å². The average molecular weight is 674 g/mol. The molecule has 2 aromatic rings. The van der Waals surface area contributed by atoms with Crippen LogP contribution in [0.1, 0.15) is 0 Å². The summed E-state index contributed by atoms with van der Waals surface area (Å²) in [6.45, 7) is 6.70. The van der Waals surface area contributed by atoms with Gasteiger partial charge < -0.3 is 60.0 Å². The van der Waals surface area contributed by atoms with Gasteiger partial charge in [-0.2, -0.15) is 19.6 Å². The number of benzene rings is 2. The van der Waals surface area contributed by atoms with Gasteiger partial charge in [0.1, 0.15) is 24.5 Å². The van der Waals surface area contributed by atoms with Crippen LogP contribution in [0.25, 0.3) is 0 Å². The zero-order chi connectivity index (χ0) is 26.4. The topological polar surface area (TPSA) is 61.9 Å². The van der Waals surface area contributed by atoms with Crippen LogP contribution in [-0.2, 0) is 95.5 Å². The van der Waals surface area contributed by atoms with Crippen LogP contribution in [0.3, 0.4) is 0 Å². The van der Waals surface area contributed by atoms with Gasteiger partial charge in [0.05, 0.1) is 40.6 Å². The van der Waals surface area contributed by atoms with Crippen molar-refractivity contribution in [1.82, 2.24) is 8.61 Å². The summed E-state index contributed by atoms with van der Waals surface area (Å²) in [5.74, 6) is 0. The molecular weight excluding hydrogens is 644 g/mol. The largest absolute Gasteiger partial charge is 0.781 e. The number of hydrogen-bond donors (Lipinski definition) is 0. The van der Waals surface area contributed by atoms with E-state index >= 15 is 0 Å². The molecule has 2 aromatic carbocycles. The Morgan fingerprint density at radius 1 is 0.595 bits per heavy atom. The summed E-state index contributed by atoms with van der Waals surface area (Å²) < 4.78 is 23.7. The van der Waals surface area contributed by atoms with Crippen LogP contribution in [0.15, 0.2) is 68.1 Å². The first-order valence-electron chi connectivity index (χ1n) is 10.7. The molecule has 215 valence electrons. The first-order valence-corrected chi connectivity index (χ1v) is 13.8. The molecule has 37 heavy (non-hydrogen) atoms. The van der Waals surface area contributed by atoms with E-state index in [-0.39, 0.29) is 17.1 Å². The second-order valence-electron chi connectivity index (χ2n) is 6.59. The maximum Gasteiger partial charge on any atom is 0.121 e. The zero-order valence-corrected chi connectivity index (χ0v) is 26.2. The molecule has 2 fully saturated rings. The van der Waals surface area contributed by atoms with Crippen LogP contribution in [0.4, 0.5) is 0 Å². The molecule has 0 atom stereocenters. The van der Waals surface area contributed by atoms with Gasteiger partial charge in [-0.3, -0.25) is 0 Å². The van der Waals surface area contributed by atoms with Gasteiger partial charge in [-0.05, 0) is 0 Å². The quantitative estimate of drug-likeness (QED) is 0.111. The fourth-order valence-electron chi connectivity index (χ4n) is 2.29. The molecule has 2 aliphatic heterocycles. The molecule has 2 heterocycles. The third-order valence-corrected chi connectivity index (χ3v) is 7.27. The molecule has 2 saturated heterocycles. The summed E-state index contributed by atoms with van der Waals surface area (Å²) in [7, 11) is 2.99. The van der Waals surface area contributed by atoms with E-state index in [4.69, 9.17) is 60.0 Å². The van der Waals surface area contributed by atoms with Crippen molar-refractivity contribution in [2.24, 2.45) is 0 Å². The van der Waals surface area contributed by atoms with Crippen molar-refractivity contribution in [3.05, 3.63) is 48.5 Å². The molecule has 15 heteroatoms. The smallest absolute Gasteiger partial charge is 0.121 e. The summed E-state index contributed by atoms with van der Waals surface area (Å²) >= 11 is 21.9. The van der Waals surface area contributed by atoms with Gasteiger partial charge in [0.15, 0.2) is 0 Å². The molecule has 0 unspecified atom stereocenters.